The van der Waals surface area contributed by atoms with Crippen LogP contribution in [0.15, 0.2) is 22.4 Å². The number of hydrogen-bond donors (Lipinski definition) is 2. The summed E-state index contributed by atoms with van der Waals surface area (Å²) in [4.78, 5) is 25.9. The Bertz CT molecular complexity index is 590. The minimum Gasteiger partial charge on any atom is -0.290 e. The third-order valence-corrected chi connectivity index (χ3v) is 3.10. The Morgan fingerprint density at radius 3 is 3.12 bits per heavy atom. The van der Waals surface area contributed by atoms with Gasteiger partial charge in [-0.2, -0.15) is 0 Å². The fourth-order valence-corrected chi connectivity index (χ4v) is 2.24. The standard InChI is InChI=1S/C10H10N4O2S/c1-2-6-3-4-17-8(6)9(16)13-10-12-7(15)5-11-14-10/h3-5H,2H2,1H3,(H2,12,13,14,15,16). The van der Waals surface area contributed by atoms with Gasteiger partial charge in [-0.25, -0.2) is 0 Å². The molecule has 0 radical (unpaired) electrons. The van der Waals surface area contributed by atoms with Gasteiger partial charge >= 0.3 is 0 Å². The van der Waals surface area contributed by atoms with E-state index < -0.39 is 5.56 Å². The van der Waals surface area contributed by atoms with Gasteiger partial charge in [0, 0.05) is 0 Å². The van der Waals surface area contributed by atoms with Gasteiger partial charge in [-0.15, -0.1) is 21.5 Å². The van der Waals surface area contributed by atoms with Crippen LogP contribution in [-0.4, -0.2) is 21.1 Å². The van der Waals surface area contributed by atoms with Gasteiger partial charge in [0.25, 0.3) is 11.5 Å². The van der Waals surface area contributed by atoms with Crippen LogP contribution in [0.5, 0.6) is 0 Å². The van der Waals surface area contributed by atoms with Crippen molar-refractivity contribution in [3.63, 3.8) is 0 Å². The molecule has 2 N–H and O–H groups in total. The number of nitrogens with zero attached hydrogens (tertiary/aromatic N) is 2. The first kappa shape index (κ1) is 11.5. The second-order valence-corrected chi connectivity index (χ2v) is 4.18. The molecular formula is C10H10N4O2S. The molecule has 0 unspecified atom stereocenters. The molecule has 88 valence electrons. The van der Waals surface area contributed by atoms with Crippen molar-refractivity contribution in [2.45, 2.75) is 13.3 Å². The van der Waals surface area contributed by atoms with E-state index in [-0.39, 0.29) is 11.9 Å². The summed E-state index contributed by atoms with van der Waals surface area (Å²) < 4.78 is 0. The fraction of sp³-hybridized carbons (Fsp3) is 0.200. The molecule has 6 nitrogen and oxygen atoms in total. The van der Waals surface area contributed by atoms with Gasteiger partial charge < -0.3 is 0 Å². The maximum absolute atomic E-state index is 11.9. The molecule has 0 spiro atoms. The van der Waals surface area contributed by atoms with Gasteiger partial charge in [-0.1, -0.05) is 6.92 Å². The first-order valence-corrected chi connectivity index (χ1v) is 5.88. The highest BCUT2D eigenvalue weighted by Gasteiger charge is 2.13. The highest BCUT2D eigenvalue weighted by Crippen LogP contribution is 2.18. The van der Waals surface area contributed by atoms with Gasteiger partial charge in [0.2, 0.25) is 5.95 Å². The summed E-state index contributed by atoms with van der Waals surface area (Å²) in [5, 5.41) is 11.4. The summed E-state index contributed by atoms with van der Waals surface area (Å²) in [5.74, 6) is -0.231. The highest BCUT2D eigenvalue weighted by atomic mass is 32.1. The van der Waals surface area contributed by atoms with Gasteiger partial charge in [0.15, 0.2) is 0 Å². The van der Waals surface area contributed by atoms with E-state index in [1.54, 1.807) is 0 Å². The lowest BCUT2D eigenvalue weighted by molar-refractivity contribution is 0.102. The Labute approximate surface area is 101 Å². The van der Waals surface area contributed by atoms with Crippen molar-refractivity contribution in [3.8, 4) is 0 Å². The Balaban J connectivity index is 2.20. The predicted octanol–water partition coefficient (Wildman–Crippen LogP) is 1.04. The summed E-state index contributed by atoms with van der Waals surface area (Å²) in [7, 11) is 0. The van der Waals surface area contributed by atoms with Gasteiger partial charge in [-0.05, 0) is 23.4 Å². The maximum atomic E-state index is 11.9. The number of carbonyl (C=O) groups is 1. The number of H-pyrrole nitrogens is 1. The van der Waals surface area contributed by atoms with Crippen molar-refractivity contribution in [1.29, 1.82) is 0 Å². The third-order valence-electron chi connectivity index (χ3n) is 2.14. The molecule has 0 saturated carbocycles. The van der Waals surface area contributed by atoms with Crippen LogP contribution < -0.4 is 10.9 Å². The zero-order valence-corrected chi connectivity index (χ0v) is 9.87. The van der Waals surface area contributed by atoms with E-state index in [1.165, 1.54) is 11.3 Å². The minimum atomic E-state index is -0.405. The number of rotatable bonds is 3. The SMILES string of the molecule is CCc1ccsc1C(=O)Nc1nncc(=O)[nH]1. The molecule has 0 bridgehead atoms. The maximum Gasteiger partial charge on any atom is 0.271 e. The average molecular weight is 250 g/mol. The average Bonchev–Trinajstić information content (AvgIpc) is 2.77. The Morgan fingerprint density at radius 1 is 1.59 bits per heavy atom. The summed E-state index contributed by atoms with van der Waals surface area (Å²) in [6.07, 6.45) is 1.82. The van der Waals surface area contributed by atoms with Crippen molar-refractivity contribution in [1.82, 2.24) is 15.2 Å². The van der Waals surface area contributed by atoms with Crippen LogP contribution in [0.4, 0.5) is 5.95 Å². The van der Waals surface area contributed by atoms with Gasteiger partial charge in [0.05, 0.1) is 4.88 Å². The van der Waals surface area contributed by atoms with Crippen molar-refractivity contribution < 1.29 is 4.79 Å². The molecule has 2 heterocycles. The first-order valence-electron chi connectivity index (χ1n) is 5.00. The Kier molecular flexibility index (Phi) is 3.29. The van der Waals surface area contributed by atoms with E-state index in [2.05, 4.69) is 20.5 Å². The monoisotopic (exact) mass is 250 g/mol. The quantitative estimate of drug-likeness (QED) is 0.852. The number of amides is 1. The zero-order valence-electron chi connectivity index (χ0n) is 9.06. The van der Waals surface area contributed by atoms with E-state index in [1.807, 2.05) is 18.4 Å². The normalized spacial score (nSPS) is 10.2. The molecule has 0 aromatic carbocycles. The molecule has 1 amide bonds. The summed E-state index contributed by atoms with van der Waals surface area (Å²) in [6, 6.07) is 1.90. The molecule has 2 rings (SSSR count). The van der Waals surface area contributed by atoms with Crippen molar-refractivity contribution >= 4 is 23.2 Å². The van der Waals surface area contributed by atoms with E-state index in [9.17, 15) is 9.59 Å². The van der Waals surface area contributed by atoms with Crippen LogP contribution >= 0.6 is 11.3 Å². The first-order chi connectivity index (χ1) is 8.20. The van der Waals surface area contributed by atoms with Crippen LogP contribution in [0.3, 0.4) is 0 Å². The number of thiophene rings is 1. The number of aryl methyl sites for hydroxylation is 1. The predicted molar refractivity (Wildman–Crippen MR) is 64.3 cm³/mol. The van der Waals surface area contributed by atoms with E-state index in [4.69, 9.17) is 0 Å². The summed E-state index contributed by atoms with van der Waals surface area (Å²) in [6.45, 7) is 1.98. The number of hydrogen-bond acceptors (Lipinski definition) is 5. The van der Waals surface area contributed by atoms with E-state index in [0.29, 0.717) is 4.88 Å². The minimum absolute atomic E-state index is 0.0537. The molecule has 2 aromatic rings. The van der Waals surface area contributed by atoms with Gasteiger partial charge in [-0.3, -0.25) is 19.9 Å². The van der Waals surface area contributed by atoms with Crippen LogP contribution in [0.2, 0.25) is 0 Å². The molecule has 0 fully saturated rings. The Morgan fingerprint density at radius 2 is 2.41 bits per heavy atom. The molecule has 0 aliphatic heterocycles. The second-order valence-electron chi connectivity index (χ2n) is 3.27. The number of nitrogens with one attached hydrogen (secondary N) is 2. The number of carbonyl (C=O) groups excluding carboxylic acids is 1. The number of anilines is 1. The van der Waals surface area contributed by atoms with Crippen LogP contribution in [0, 0.1) is 0 Å². The molecule has 0 saturated heterocycles. The lowest BCUT2D eigenvalue weighted by Crippen LogP contribution is -2.18. The van der Waals surface area contributed by atoms with E-state index >= 15 is 0 Å². The molecule has 7 heteroatoms. The molecule has 0 atom stereocenters. The Hall–Kier alpha value is -2.02. The van der Waals surface area contributed by atoms with Crippen LogP contribution in [0.1, 0.15) is 22.2 Å². The topological polar surface area (TPSA) is 87.7 Å². The van der Waals surface area contributed by atoms with Crippen LogP contribution in [-0.2, 0) is 6.42 Å². The largest absolute Gasteiger partial charge is 0.290 e. The molecule has 2 aromatic heterocycles. The van der Waals surface area contributed by atoms with Crippen molar-refractivity contribution in [3.05, 3.63) is 38.4 Å². The zero-order chi connectivity index (χ0) is 12.3. The third kappa shape index (κ3) is 2.56. The summed E-state index contributed by atoms with van der Waals surface area (Å²) >= 11 is 1.35. The molecule has 17 heavy (non-hydrogen) atoms. The highest BCUT2D eigenvalue weighted by molar-refractivity contribution is 7.12. The fourth-order valence-electron chi connectivity index (χ4n) is 1.35. The lowest BCUT2D eigenvalue weighted by atomic mass is 10.2. The molecule has 0 aliphatic carbocycles. The molecule has 0 aliphatic rings. The lowest BCUT2D eigenvalue weighted by Gasteiger charge is -2.02. The summed E-state index contributed by atoms with van der Waals surface area (Å²) in [5.41, 5.74) is 0.566. The number of aromatic nitrogens is 3. The smallest absolute Gasteiger partial charge is 0.271 e. The van der Waals surface area contributed by atoms with E-state index in [0.717, 1.165) is 18.2 Å². The number of aromatic amines is 1. The van der Waals surface area contributed by atoms with Crippen LogP contribution in [0.25, 0.3) is 0 Å². The molecular weight excluding hydrogens is 240 g/mol. The second kappa shape index (κ2) is 4.88. The van der Waals surface area contributed by atoms with Crippen molar-refractivity contribution in [2.75, 3.05) is 5.32 Å². The van der Waals surface area contributed by atoms with Gasteiger partial charge in [0.1, 0.15) is 6.20 Å². The van der Waals surface area contributed by atoms with Crippen molar-refractivity contribution in [2.24, 2.45) is 0 Å².